The molecule has 23 heavy (non-hydrogen) atoms. The Kier molecular flexibility index (Phi) is 6.11. The second kappa shape index (κ2) is 8.29. The van der Waals surface area contributed by atoms with Crippen LogP contribution in [-0.4, -0.2) is 25.8 Å². The summed E-state index contributed by atoms with van der Waals surface area (Å²) in [5.74, 6) is 0.112. The minimum atomic E-state index is -1.26. The Morgan fingerprint density at radius 2 is 1.70 bits per heavy atom. The lowest BCUT2D eigenvalue weighted by Crippen LogP contribution is -2.22. The van der Waals surface area contributed by atoms with Gasteiger partial charge in [-0.3, -0.25) is 0 Å². The molecule has 0 unspecified atom stereocenters. The summed E-state index contributed by atoms with van der Waals surface area (Å²) in [7, 11) is 0. The zero-order chi connectivity index (χ0) is 16.7. The van der Waals surface area contributed by atoms with Gasteiger partial charge in [-0.1, -0.05) is 23.7 Å². The van der Waals surface area contributed by atoms with E-state index in [4.69, 9.17) is 25.8 Å². The third kappa shape index (κ3) is 4.79. The van der Waals surface area contributed by atoms with Crippen molar-refractivity contribution in [2.24, 2.45) is 0 Å². The summed E-state index contributed by atoms with van der Waals surface area (Å²) in [6, 6.07) is 11.5. The second-order valence-electron chi connectivity index (χ2n) is 4.51. The van der Waals surface area contributed by atoms with Gasteiger partial charge in [-0.25, -0.2) is 0 Å². The maximum absolute atomic E-state index is 10.9. The molecule has 5 nitrogen and oxygen atoms in total. The van der Waals surface area contributed by atoms with Crippen molar-refractivity contribution in [1.29, 1.82) is 0 Å². The van der Waals surface area contributed by atoms with E-state index < -0.39 is 5.97 Å². The van der Waals surface area contributed by atoms with Crippen molar-refractivity contribution in [2.75, 3.05) is 19.8 Å². The molecule has 0 saturated carbocycles. The lowest BCUT2D eigenvalue weighted by molar-refractivity contribution is -0.255. The first-order valence-electron chi connectivity index (χ1n) is 7.10. The number of carbonyl (C=O) groups is 1. The molecule has 0 N–H and O–H groups in total. The van der Waals surface area contributed by atoms with Crippen LogP contribution in [0.1, 0.15) is 17.3 Å². The zero-order valence-electron chi connectivity index (χ0n) is 12.6. The maximum atomic E-state index is 10.9. The van der Waals surface area contributed by atoms with Gasteiger partial charge in [0.1, 0.15) is 19.0 Å². The highest BCUT2D eigenvalue weighted by Crippen LogP contribution is 2.28. The molecule has 2 aromatic rings. The van der Waals surface area contributed by atoms with Gasteiger partial charge in [-0.15, -0.1) is 0 Å². The fraction of sp³-hybridized carbons (Fsp3) is 0.235. The minimum absolute atomic E-state index is 0.0353. The van der Waals surface area contributed by atoms with E-state index in [1.165, 1.54) is 18.2 Å². The van der Waals surface area contributed by atoms with Crippen molar-refractivity contribution in [3.63, 3.8) is 0 Å². The SMILES string of the molecule is CCOc1cc(C(=O)[O-])ccc1OCCOc1ccccc1Cl. The number of carboxylic acid groups (broad SMARTS) is 1. The molecule has 2 rings (SSSR count). The number of para-hydroxylation sites is 1. The van der Waals surface area contributed by atoms with Crippen molar-refractivity contribution in [1.82, 2.24) is 0 Å². The number of aromatic carboxylic acids is 1. The van der Waals surface area contributed by atoms with Crippen LogP contribution in [0.5, 0.6) is 17.2 Å². The topological polar surface area (TPSA) is 67.8 Å². The Morgan fingerprint density at radius 1 is 1.00 bits per heavy atom. The van der Waals surface area contributed by atoms with E-state index >= 15 is 0 Å². The predicted molar refractivity (Wildman–Crippen MR) is 84.4 cm³/mol. The summed E-state index contributed by atoms with van der Waals surface area (Å²) >= 11 is 5.99. The summed E-state index contributed by atoms with van der Waals surface area (Å²) in [5, 5.41) is 11.4. The Hall–Kier alpha value is -2.40. The molecule has 122 valence electrons. The van der Waals surface area contributed by atoms with Crippen LogP contribution in [0.2, 0.25) is 5.02 Å². The molecule has 0 spiro atoms. The molecule has 0 aliphatic heterocycles. The standard InChI is InChI=1S/C17H17ClO5/c1-2-21-16-11-12(17(19)20)7-8-15(16)23-10-9-22-14-6-4-3-5-13(14)18/h3-8,11H,2,9-10H2,1H3,(H,19,20)/p-1. The molecule has 0 atom stereocenters. The van der Waals surface area contributed by atoms with Gasteiger partial charge in [0.25, 0.3) is 0 Å². The first-order chi connectivity index (χ1) is 11.1. The van der Waals surface area contributed by atoms with Gasteiger partial charge in [0.15, 0.2) is 11.5 Å². The van der Waals surface area contributed by atoms with Crippen LogP contribution in [0.25, 0.3) is 0 Å². The fourth-order valence-corrected chi connectivity index (χ4v) is 2.08. The van der Waals surface area contributed by atoms with E-state index in [9.17, 15) is 9.90 Å². The van der Waals surface area contributed by atoms with Crippen LogP contribution in [0.15, 0.2) is 42.5 Å². The number of hydrogen-bond donors (Lipinski definition) is 0. The van der Waals surface area contributed by atoms with Crippen molar-refractivity contribution < 1.29 is 24.1 Å². The lowest BCUT2D eigenvalue weighted by Gasteiger charge is -2.14. The molecule has 0 fully saturated rings. The summed E-state index contributed by atoms with van der Waals surface area (Å²) in [6.45, 7) is 2.74. The van der Waals surface area contributed by atoms with E-state index in [0.717, 1.165) is 0 Å². The van der Waals surface area contributed by atoms with E-state index in [0.29, 0.717) is 28.9 Å². The second-order valence-corrected chi connectivity index (χ2v) is 4.92. The van der Waals surface area contributed by atoms with Gasteiger partial charge < -0.3 is 24.1 Å². The highest BCUT2D eigenvalue weighted by Gasteiger charge is 2.07. The molecule has 0 aliphatic carbocycles. The zero-order valence-corrected chi connectivity index (χ0v) is 13.3. The minimum Gasteiger partial charge on any atom is -0.545 e. The first kappa shape index (κ1) is 17.0. The maximum Gasteiger partial charge on any atom is 0.161 e. The Morgan fingerprint density at radius 3 is 2.35 bits per heavy atom. The highest BCUT2D eigenvalue weighted by atomic mass is 35.5. The highest BCUT2D eigenvalue weighted by molar-refractivity contribution is 6.32. The van der Waals surface area contributed by atoms with Crippen LogP contribution in [0.3, 0.4) is 0 Å². The summed E-state index contributed by atoms with van der Waals surface area (Å²) in [6.07, 6.45) is 0. The normalized spacial score (nSPS) is 10.2. The Labute approximate surface area is 139 Å². The van der Waals surface area contributed by atoms with Gasteiger partial charge in [-0.2, -0.15) is 0 Å². The number of carbonyl (C=O) groups excluding carboxylic acids is 1. The smallest absolute Gasteiger partial charge is 0.161 e. The Balaban J connectivity index is 1.94. The molecule has 0 heterocycles. The van der Waals surface area contributed by atoms with E-state index in [1.54, 1.807) is 19.1 Å². The van der Waals surface area contributed by atoms with Gasteiger partial charge >= 0.3 is 0 Å². The molecular formula is C17H16ClO5-. The molecule has 0 aromatic heterocycles. The molecular weight excluding hydrogens is 320 g/mol. The van der Waals surface area contributed by atoms with Crippen molar-refractivity contribution >= 4 is 17.6 Å². The van der Waals surface area contributed by atoms with Crippen molar-refractivity contribution in [3.05, 3.63) is 53.1 Å². The largest absolute Gasteiger partial charge is 0.545 e. The lowest BCUT2D eigenvalue weighted by atomic mass is 10.2. The van der Waals surface area contributed by atoms with E-state index in [1.807, 2.05) is 12.1 Å². The quantitative estimate of drug-likeness (QED) is 0.693. The molecule has 0 radical (unpaired) electrons. The number of halogens is 1. The summed E-state index contributed by atoms with van der Waals surface area (Å²) in [5.41, 5.74) is 0.0353. The van der Waals surface area contributed by atoms with Crippen LogP contribution in [-0.2, 0) is 0 Å². The van der Waals surface area contributed by atoms with Gasteiger partial charge in [0, 0.05) is 5.56 Å². The number of carboxylic acids is 1. The molecule has 0 saturated heterocycles. The van der Waals surface area contributed by atoms with E-state index in [-0.39, 0.29) is 18.8 Å². The van der Waals surface area contributed by atoms with Gasteiger partial charge in [-0.05, 0) is 37.3 Å². The van der Waals surface area contributed by atoms with E-state index in [2.05, 4.69) is 0 Å². The van der Waals surface area contributed by atoms with Gasteiger partial charge in [0.05, 0.1) is 17.6 Å². The Bertz CT molecular complexity index is 672. The predicted octanol–water partition coefficient (Wildman–Crippen LogP) is 2.56. The first-order valence-corrected chi connectivity index (χ1v) is 7.48. The molecule has 0 bridgehead atoms. The number of benzene rings is 2. The van der Waals surface area contributed by atoms with Crippen LogP contribution in [0.4, 0.5) is 0 Å². The average Bonchev–Trinajstić information content (AvgIpc) is 2.54. The average molecular weight is 336 g/mol. The van der Waals surface area contributed by atoms with Crippen LogP contribution < -0.4 is 19.3 Å². The van der Waals surface area contributed by atoms with Crippen LogP contribution in [0, 0.1) is 0 Å². The molecule has 6 heteroatoms. The summed E-state index contributed by atoms with van der Waals surface area (Å²) in [4.78, 5) is 10.9. The number of rotatable bonds is 8. The monoisotopic (exact) mass is 335 g/mol. The molecule has 0 amide bonds. The molecule has 0 aliphatic rings. The number of hydrogen-bond acceptors (Lipinski definition) is 5. The van der Waals surface area contributed by atoms with Crippen LogP contribution >= 0.6 is 11.6 Å². The molecule has 2 aromatic carbocycles. The summed E-state index contributed by atoms with van der Waals surface area (Å²) < 4.78 is 16.5. The van der Waals surface area contributed by atoms with Crippen molar-refractivity contribution in [2.45, 2.75) is 6.92 Å². The van der Waals surface area contributed by atoms with Gasteiger partial charge in [0.2, 0.25) is 0 Å². The number of ether oxygens (including phenoxy) is 3. The fourth-order valence-electron chi connectivity index (χ4n) is 1.89. The third-order valence-corrected chi connectivity index (χ3v) is 3.23. The third-order valence-electron chi connectivity index (χ3n) is 2.91. The van der Waals surface area contributed by atoms with Crippen molar-refractivity contribution in [3.8, 4) is 17.2 Å².